The van der Waals surface area contributed by atoms with Gasteiger partial charge in [-0.3, -0.25) is 9.59 Å². The molecule has 0 aromatic carbocycles. The molecule has 7 nitrogen and oxygen atoms in total. The summed E-state index contributed by atoms with van der Waals surface area (Å²) in [5.41, 5.74) is 4.86. The molecule has 1 saturated heterocycles. The van der Waals surface area contributed by atoms with Crippen LogP contribution in [0.2, 0.25) is 0 Å². The van der Waals surface area contributed by atoms with Crippen LogP contribution in [0.5, 0.6) is 0 Å². The van der Waals surface area contributed by atoms with E-state index in [1.54, 1.807) is 13.0 Å². The van der Waals surface area contributed by atoms with Crippen LogP contribution in [0.15, 0.2) is 10.6 Å². The third kappa shape index (κ3) is 2.60. The Kier molecular flexibility index (Phi) is 3.57. The molecule has 7 heteroatoms. The molecule has 2 amide bonds. The van der Waals surface area contributed by atoms with Crippen LogP contribution < -0.4 is 5.73 Å². The van der Waals surface area contributed by atoms with Crippen LogP contribution in [0.4, 0.5) is 0 Å². The van der Waals surface area contributed by atoms with Crippen molar-refractivity contribution in [2.24, 2.45) is 5.73 Å². The van der Waals surface area contributed by atoms with E-state index in [9.17, 15) is 9.59 Å². The first kappa shape index (κ1) is 13.5. The van der Waals surface area contributed by atoms with E-state index < -0.39 is 11.5 Å². The molecule has 0 saturated carbocycles. The van der Waals surface area contributed by atoms with Crippen LogP contribution in [-0.2, 0) is 16.0 Å². The minimum absolute atomic E-state index is 0.114. The van der Waals surface area contributed by atoms with Gasteiger partial charge in [-0.2, -0.15) is 0 Å². The van der Waals surface area contributed by atoms with E-state index in [4.69, 9.17) is 15.0 Å². The van der Waals surface area contributed by atoms with Gasteiger partial charge in [-0.1, -0.05) is 12.1 Å². The van der Waals surface area contributed by atoms with Gasteiger partial charge < -0.3 is 19.9 Å². The molecule has 1 aromatic rings. The van der Waals surface area contributed by atoms with Gasteiger partial charge >= 0.3 is 0 Å². The summed E-state index contributed by atoms with van der Waals surface area (Å²) < 4.78 is 10.4. The van der Waals surface area contributed by atoms with E-state index in [0.717, 1.165) is 0 Å². The molecule has 1 aliphatic heterocycles. The van der Waals surface area contributed by atoms with Crippen LogP contribution in [0.3, 0.4) is 0 Å². The summed E-state index contributed by atoms with van der Waals surface area (Å²) in [5.74, 6) is -0.717. The minimum Gasteiger partial charge on any atom is -0.367 e. The maximum absolute atomic E-state index is 12.2. The molecule has 0 unspecified atom stereocenters. The Morgan fingerprint density at radius 2 is 2.32 bits per heavy atom. The summed E-state index contributed by atoms with van der Waals surface area (Å²) in [6.07, 6.45) is 0.693. The normalized spacial score (nSPS) is 23.4. The lowest BCUT2D eigenvalue weighted by molar-refractivity contribution is -0.150. The number of ether oxygens (including phenoxy) is 1. The maximum atomic E-state index is 12.2. The predicted molar refractivity (Wildman–Crippen MR) is 65.3 cm³/mol. The van der Waals surface area contributed by atoms with Crippen molar-refractivity contribution in [1.29, 1.82) is 0 Å². The number of rotatable bonds is 3. The molecule has 104 valence electrons. The molecule has 2 N–H and O–H groups in total. The first-order valence-corrected chi connectivity index (χ1v) is 6.15. The van der Waals surface area contributed by atoms with Gasteiger partial charge in [0.2, 0.25) is 5.76 Å². The lowest BCUT2D eigenvalue weighted by Gasteiger charge is -2.37. The Balaban J connectivity index is 2.13. The number of nitrogens with zero attached hydrogens (tertiary/aromatic N) is 2. The molecule has 1 fully saturated rings. The fourth-order valence-electron chi connectivity index (χ4n) is 1.93. The summed E-state index contributed by atoms with van der Waals surface area (Å²) in [6.45, 7) is 4.27. The monoisotopic (exact) mass is 267 g/mol. The Labute approximate surface area is 110 Å². The van der Waals surface area contributed by atoms with Crippen LogP contribution in [0, 0.1) is 0 Å². The summed E-state index contributed by atoms with van der Waals surface area (Å²) in [6, 6.07) is 1.61. The Bertz CT molecular complexity index is 499. The lowest BCUT2D eigenvalue weighted by atomic mass is 10.0. The van der Waals surface area contributed by atoms with E-state index in [-0.39, 0.29) is 24.8 Å². The Morgan fingerprint density at radius 3 is 2.89 bits per heavy atom. The van der Waals surface area contributed by atoms with Gasteiger partial charge in [0.15, 0.2) is 5.60 Å². The van der Waals surface area contributed by atoms with Gasteiger partial charge in [-0.05, 0) is 13.3 Å². The molecule has 2 heterocycles. The number of primary amides is 1. The molecule has 1 aromatic heterocycles. The third-order valence-corrected chi connectivity index (χ3v) is 3.21. The zero-order valence-corrected chi connectivity index (χ0v) is 11.0. The van der Waals surface area contributed by atoms with Crippen LogP contribution >= 0.6 is 0 Å². The van der Waals surface area contributed by atoms with Crippen LogP contribution in [0.25, 0.3) is 0 Å². The molecule has 0 bridgehead atoms. The topological polar surface area (TPSA) is 98.7 Å². The second-order valence-corrected chi connectivity index (χ2v) is 4.71. The van der Waals surface area contributed by atoms with E-state index in [1.807, 2.05) is 6.92 Å². The number of nitrogens with two attached hydrogens (primary N) is 1. The van der Waals surface area contributed by atoms with E-state index in [2.05, 4.69) is 5.16 Å². The second kappa shape index (κ2) is 5.00. The highest BCUT2D eigenvalue weighted by Gasteiger charge is 2.40. The minimum atomic E-state index is -1.15. The van der Waals surface area contributed by atoms with Crippen LogP contribution in [-0.4, -0.2) is 47.2 Å². The summed E-state index contributed by atoms with van der Waals surface area (Å²) >= 11 is 0. The number of aryl methyl sites for hydroxylation is 1. The van der Waals surface area contributed by atoms with Gasteiger partial charge in [0.1, 0.15) is 0 Å². The molecular weight excluding hydrogens is 250 g/mol. The zero-order chi connectivity index (χ0) is 14.0. The molecule has 0 spiro atoms. The fourth-order valence-corrected chi connectivity index (χ4v) is 1.93. The fraction of sp³-hybridized carbons (Fsp3) is 0.583. The lowest BCUT2D eigenvalue weighted by Crippen LogP contribution is -2.58. The number of hydrogen-bond donors (Lipinski definition) is 1. The highest BCUT2D eigenvalue weighted by Crippen LogP contribution is 2.19. The van der Waals surface area contributed by atoms with Crippen molar-refractivity contribution < 1.29 is 18.8 Å². The summed E-state index contributed by atoms with van der Waals surface area (Å²) in [4.78, 5) is 25.1. The first-order chi connectivity index (χ1) is 8.96. The highest BCUT2D eigenvalue weighted by atomic mass is 16.5. The van der Waals surface area contributed by atoms with Crippen molar-refractivity contribution >= 4 is 11.8 Å². The van der Waals surface area contributed by atoms with Crippen molar-refractivity contribution in [1.82, 2.24) is 10.1 Å². The molecule has 19 heavy (non-hydrogen) atoms. The van der Waals surface area contributed by atoms with Gasteiger partial charge in [0.05, 0.1) is 18.8 Å². The Hall–Kier alpha value is -1.89. The highest BCUT2D eigenvalue weighted by molar-refractivity contribution is 5.92. The van der Waals surface area contributed by atoms with Gasteiger partial charge in [-0.25, -0.2) is 0 Å². The molecule has 1 atom stereocenters. The number of amides is 2. The SMILES string of the molecule is CCc1cc(C(=O)N2CCO[C@@](C)(C(N)=O)C2)on1. The average Bonchev–Trinajstić information content (AvgIpc) is 2.86. The van der Waals surface area contributed by atoms with E-state index in [1.165, 1.54) is 4.90 Å². The standard InChI is InChI=1S/C12H17N3O4/c1-3-8-6-9(19-14-8)10(16)15-4-5-18-12(2,7-15)11(13)17/h6H,3-5,7H2,1-2H3,(H2,13,17)/t12-/m1/s1. The average molecular weight is 267 g/mol. The van der Waals surface area contributed by atoms with E-state index in [0.29, 0.717) is 18.7 Å². The van der Waals surface area contributed by atoms with Gasteiger partial charge in [-0.15, -0.1) is 0 Å². The quantitative estimate of drug-likeness (QED) is 0.828. The van der Waals surface area contributed by atoms with Gasteiger partial charge in [0.25, 0.3) is 11.8 Å². The number of carbonyl (C=O) groups excluding carboxylic acids is 2. The van der Waals surface area contributed by atoms with Crippen molar-refractivity contribution in [3.8, 4) is 0 Å². The summed E-state index contributed by atoms with van der Waals surface area (Å²) in [7, 11) is 0. The van der Waals surface area contributed by atoms with Gasteiger partial charge in [0, 0.05) is 12.6 Å². The molecule has 1 aliphatic rings. The molecular formula is C12H17N3O4. The zero-order valence-electron chi connectivity index (χ0n) is 11.0. The molecule has 2 rings (SSSR count). The third-order valence-electron chi connectivity index (χ3n) is 3.21. The predicted octanol–water partition coefficient (Wildman–Crippen LogP) is -0.0466. The molecule has 0 aliphatic carbocycles. The van der Waals surface area contributed by atoms with Crippen molar-refractivity contribution in [3.63, 3.8) is 0 Å². The largest absolute Gasteiger partial charge is 0.367 e. The van der Waals surface area contributed by atoms with Crippen LogP contribution in [0.1, 0.15) is 30.1 Å². The smallest absolute Gasteiger partial charge is 0.292 e. The second-order valence-electron chi connectivity index (χ2n) is 4.71. The van der Waals surface area contributed by atoms with Crippen molar-refractivity contribution in [2.75, 3.05) is 19.7 Å². The number of hydrogen-bond acceptors (Lipinski definition) is 5. The number of aromatic nitrogens is 1. The Morgan fingerprint density at radius 1 is 1.58 bits per heavy atom. The molecule has 0 radical (unpaired) electrons. The summed E-state index contributed by atoms with van der Waals surface area (Å²) in [5, 5.41) is 3.78. The van der Waals surface area contributed by atoms with E-state index >= 15 is 0 Å². The first-order valence-electron chi connectivity index (χ1n) is 6.15. The van der Waals surface area contributed by atoms with Crippen molar-refractivity contribution in [2.45, 2.75) is 25.9 Å². The maximum Gasteiger partial charge on any atom is 0.292 e. The number of carbonyl (C=O) groups is 2. The number of morpholine rings is 1. The van der Waals surface area contributed by atoms with Crippen molar-refractivity contribution in [3.05, 3.63) is 17.5 Å².